The Bertz CT molecular complexity index is 827. The number of anilines is 1. The number of piperidine rings is 1. The maximum atomic E-state index is 13.6. The molecule has 3 heterocycles. The molecule has 0 saturated carbocycles. The van der Waals surface area contributed by atoms with E-state index < -0.39 is 18.0 Å². The number of aromatic nitrogens is 3. The Morgan fingerprint density at radius 2 is 2.07 bits per heavy atom. The highest BCUT2D eigenvalue weighted by Crippen LogP contribution is 2.40. The summed E-state index contributed by atoms with van der Waals surface area (Å²) >= 11 is 0. The summed E-state index contributed by atoms with van der Waals surface area (Å²) in [6.07, 6.45) is -1.54. The summed E-state index contributed by atoms with van der Waals surface area (Å²) in [4.78, 5) is 6.11. The van der Waals surface area contributed by atoms with Gasteiger partial charge in [0, 0.05) is 19.1 Å². The predicted octanol–water partition coefficient (Wildman–Crippen LogP) is 3.50. The number of hydrogen-bond donors (Lipinski definition) is 1. The molecule has 1 fully saturated rings. The SMILES string of the molecule is Fc1ccccc1OCCN1CCCC([C@@H]2C[C@H](C(F)(F)F)n3ncnc3N2)C1. The van der Waals surface area contributed by atoms with E-state index in [1.807, 2.05) is 0 Å². The van der Waals surface area contributed by atoms with Crippen LogP contribution >= 0.6 is 0 Å². The molecule has 3 atom stereocenters. The lowest BCUT2D eigenvalue weighted by Crippen LogP contribution is -2.48. The van der Waals surface area contributed by atoms with E-state index in [-0.39, 0.29) is 30.1 Å². The Morgan fingerprint density at radius 3 is 2.86 bits per heavy atom. The first-order chi connectivity index (χ1) is 13.9. The van der Waals surface area contributed by atoms with Gasteiger partial charge in [-0.15, -0.1) is 0 Å². The minimum absolute atomic E-state index is 0.0625. The molecular weight excluding hydrogens is 390 g/mol. The molecule has 1 aromatic carbocycles. The molecule has 1 N–H and O–H groups in total. The highest BCUT2D eigenvalue weighted by Gasteiger charge is 2.48. The number of para-hydroxylation sites is 1. The monoisotopic (exact) mass is 413 g/mol. The summed E-state index contributed by atoms with van der Waals surface area (Å²) in [5, 5.41) is 6.88. The van der Waals surface area contributed by atoms with Crippen molar-refractivity contribution in [2.45, 2.75) is 37.5 Å². The van der Waals surface area contributed by atoms with E-state index in [0.717, 1.165) is 30.4 Å². The summed E-state index contributed by atoms with van der Waals surface area (Å²) in [5.41, 5.74) is 0. The average molecular weight is 413 g/mol. The fourth-order valence-electron chi connectivity index (χ4n) is 4.20. The van der Waals surface area contributed by atoms with Gasteiger partial charge in [-0.3, -0.25) is 4.90 Å². The molecule has 10 heteroatoms. The zero-order chi connectivity index (χ0) is 20.4. The van der Waals surface area contributed by atoms with Gasteiger partial charge in [0.1, 0.15) is 12.9 Å². The summed E-state index contributed by atoms with van der Waals surface area (Å²) in [6, 6.07) is 4.24. The third-order valence-corrected chi connectivity index (χ3v) is 5.65. The smallest absolute Gasteiger partial charge is 0.411 e. The fraction of sp³-hybridized carbons (Fsp3) is 0.579. The van der Waals surface area contributed by atoms with Crippen LogP contribution in [-0.4, -0.2) is 58.1 Å². The molecule has 1 unspecified atom stereocenters. The molecule has 2 aliphatic rings. The van der Waals surface area contributed by atoms with Gasteiger partial charge >= 0.3 is 6.18 Å². The van der Waals surface area contributed by atoms with Crippen molar-refractivity contribution in [1.82, 2.24) is 19.7 Å². The van der Waals surface area contributed by atoms with Gasteiger partial charge in [0.25, 0.3) is 0 Å². The van der Waals surface area contributed by atoms with Crippen LogP contribution < -0.4 is 10.1 Å². The average Bonchev–Trinajstić information content (AvgIpc) is 3.17. The lowest BCUT2D eigenvalue weighted by molar-refractivity contribution is -0.174. The quantitative estimate of drug-likeness (QED) is 0.761. The van der Waals surface area contributed by atoms with E-state index >= 15 is 0 Å². The van der Waals surface area contributed by atoms with Crippen molar-refractivity contribution in [3.05, 3.63) is 36.4 Å². The van der Waals surface area contributed by atoms with E-state index in [2.05, 4.69) is 20.3 Å². The maximum absolute atomic E-state index is 13.6. The van der Waals surface area contributed by atoms with Gasteiger partial charge in [-0.25, -0.2) is 9.07 Å². The zero-order valence-electron chi connectivity index (χ0n) is 15.8. The van der Waals surface area contributed by atoms with Gasteiger partial charge in [-0.1, -0.05) is 12.1 Å². The molecule has 0 aliphatic carbocycles. The lowest BCUT2D eigenvalue weighted by Gasteiger charge is -2.41. The molecule has 0 spiro atoms. The molecule has 0 bridgehead atoms. The Labute approximate surface area is 165 Å². The Morgan fingerprint density at radius 1 is 1.24 bits per heavy atom. The molecule has 158 valence electrons. The van der Waals surface area contributed by atoms with Crippen LogP contribution in [0, 0.1) is 11.7 Å². The summed E-state index contributed by atoms with van der Waals surface area (Å²) < 4.78 is 60.6. The van der Waals surface area contributed by atoms with E-state index in [4.69, 9.17) is 4.74 Å². The number of halogens is 4. The van der Waals surface area contributed by atoms with Crippen molar-refractivity contribution in [3.8, 4) is 5.75 Å². The minimum atomic E-state index is -4.37. The fourth-order valence-corrected chi connectivity index (χ4v) is 4.20. The first kappa shape index (κ1) is 19.9. The number of likely N-dealkylation sites (tertiary alicyclic amines) is 1. The molecule has 1 aromatic heterocycles. The van der Waals surface area contributed by atoms with Gasteiger partial charge < -0.3 is 10.1 Å². The first-order valence-electron chi connectivity index (χ1n) is 9.74. The third-order valence-electron chi connectivity index (χ3n) is 5.65. The first-order valence-corrected chi connectivity index (χ1v) is 9.74. The topological polar surface area (TPSA) is 55.2 Å². The van der Waals surface area contributed by atoms with Crippen LogP contribution in [0.2, 0.25) is 0 Å². The standard InChI is InChI=1S/C19H23F4N5O/c20-14-5-1-2-6-16(14)29-9-8-27-7-3-4-13(11-27)15-10-17(19(21,22)23)28-18(26-15)24-12-25-28/h1-2,5-6,12-13,15,17H,3-4,7-11H2,(H,24,25,26)/t13?,15-,17+/m0/s1. The van der Waals surface area contributed by atoms with Crippen LogP contribution in [0.15, 0.2) is 30.6 Å². The number of nitrogens with one attached hydrogen (secondary N) is 1. The van der Waals surface area contributed by atoms with Gasteiger partial charge in [-0.05, 0) is 43.9 Å². The lowest BCUT2D eigenvalue weighted by atomic mass is 9.86. The normalized spacial score (nSPS) is 25.3. The summed E-state index contributed by atoms with van der Waals surface area (Å²) in [5.74, 6) is 0.0381. The van der Waals surface area contributed by atoms with Gasteiger partial charge in [0.05, 0.1) is 0 Å². The summed E-state index contributed by atoms with van der Waals surface area (Å²) in [7, 11) is 0. The molecule has 4 rings (SSSR count). The van der Waals surface area contributed by atoms with Crippen LogP contribution in [-0.2, 0) is 0 Å². The molecule has 2 aliphatic heterocycles. The van der Waals surface area contributed by atoms with Crippen molar-refractivity contribution in [2.24, 2.45) is 5.92 Å². The second-order valence-electron chi connectivity index (χ2n) is 7.55. The van der Waals surface area contributed by atoms with Crippen molar-refractivity contribution in [3.63, 3.8) is 0 Å². The zero-order valence-corrected chi connectivity index (χ0v) is 15.8. The van der Waals surface area contributed by atoms with Gasteiger partial charge in [-0.2, -0.15) is 23.3 Å². The number of rotatable bonds is 5. The van der Waals surface area contributed by atoms with Crippen molar-refractivity contribution < 1.29 is 22.3 Å². The van der Waals surface area contributed by atoms with Crippen molar-refractivity contribution in [2.75, 3.05) is 31.6 Å². The molecule has 2 aromatic rings. The Kier molecular flexibility index (Phi) is 5.62. The van der Waals surface area contributed by atoms with Crippen LogP contribution in [0.3, 0.4) is 0 Å². The number of fused-ring (bicyclic) bond motifs is 1. The van der Waals surface area contributed by atoms with E-state index in [9.17, 15) is 17.6 Å². The number of ether oxygens (including phenoxy) is 1. The molecule has 0 amide bonds. The molecule has 29 heavy (non-hydrogen) atoms. The largest absolute Gasteiger partial charge is 0.489 e. The van der Waals surface area contributed by atoms with Crippen LogP contribution in [0.25, 0.3) is 0 Å². The van der Waals surface area contributed by atoms with E-state index in [1.165, 1.54) is 6.07 Å². The van der Waals surface area contributed by atoms with Gasteiger partial charge in [0.2, 0.25) is 5.95 Å². The second-order valence-corrected chi connectivity index (χ2v) is 7.55. The van der Waals surface area contributed by atoms with E-state index in [1.54, 1.807) is 18.2 Å². The van der Waals surface area contributed by atoms with Crippen molar-refractivity contribution >= 4 is 5.95 Å². The van der Waals surface area contributed by atoms with Crippen molar-refractivity contribution in [1.29, 1.82) is 0 Å². The number of alkyl halides is 3. The van der Waals surface area contributed by atoms with Crippen LogP contribution in [0.5, 0.6) is 5.75 Å². The molecule has 0 radical (unpaired) electrons. The maximum Gasteiger partial charge on any atom is 0.411 e. The van der Waals surface area contributed by atoms with Crippen LogP contribution in [0.4, 0.5) is 23.5 Å². The number of benzene rings is 1. The highest BCUT2D eigenvalue weighted by atomic mass is 19.4. The summed E-state index contributed by atoms with van der Waals surface area (Å²) in [6.45, 7) is 2.43. The van der Waals surface area contributed by atoms with Gasteiger partial charge in [0.15, 0.2) is 17.6 Å². The second kappa shape index (κ2) is 8.17. The molecule has 1 saturated heterocycles. The minimum Gasteiger partial charge on any atom is -0.489 e. The van der Waals surface area contributed by atoms with E-state index in [0.29, 0.717) is 19.7 Å². The Balaban J connectivity index is 1.35. The molecular formula is C19H23F4N5O. The van der Waals surface area contributed by atoms with Crippen LogP contribution in [0.1, 0.15) is 25.3 Å². The molecule has 6 nitrogen and oxygen atoms in total. The Hall–Kier alpha value is -2.36. The highest BCUT2D eigenvalue weighted by molar-refractivity contribution is 5.30. The predicted molar refractivity (Wildman–Crippen MR) is 98.2 cm³/mol. The number of nitrogens with zero attached hydrogens (tertiary/aromatic N) is 4. The third kappa shape index (κ3) is 4.47. The number of hydrogen-bond acceptors (Lipinski definition) is 5.